The molecule has 6 rings (SSSR count). The van der Waals surface area contributed by atoms with Gasteiger partial charge in [-0.1, -0.05) is 84.1 Å². The standard InChI is InChI=1S/C37H32N2O6S/c1-3-42-31-23-26(19-20-30(31)44-22-21-43-28-15-9-5-10-16-28)24-32-35(40)39-34(27-13-7-4-8-14-27)33(25(2)38-37(39)46-32)36(41)45-29-17-11-6-12-18-29/h4-20,23-24,34H,3,21-22H2,1-2H3/b32-24+/t34-/m0/s1. The lowest BCUT2D eigenvalue weighted by Gasteiger charge is -2.24. The number of para-hydroxylation sites is 2. The molecule has 0 N–H and O–H groups in total. The van der Waals surface area contributed by atoms with E-state index < -0.39 is 12.0 Å². The number of rotatable bonds is 11. The summed E-state index contributed by atoms with van der Waals surface area (Å²) in [6.07, 6.45) is 1.80. The fourth-order valence-corrected chi connectivity index (χ4v) is 6.21. The number of benzene rings is 4. The van der Waals surface area contributed by atoms with Crippen LogP contribution in [0.1, 0.15) is 31.0 Å². The van der Waals surface area contributed by atoms with Gasteiger partial charge in [-0.25, -0.2) is 9.79 Å². The van der Waals surface area contributed by atoms with E-state index in [1.165, 1.54) is 11.3 Å². The molecule has 0 aliphatic carbocycles. The van der Waals surface area contributed by atoms with Gasteiger partial charge >= 0.3 is 5.97 Å². The molecule has 1 aliphatic heterocycles. The summed E-state index contributed by atoms with van der Waals surface area (Å²) in [5, 5.41) is 0. The highest BCUT2D eigenvalue weighted by atomic mass is 32.1. The predicted molar refractivity (Wildman–Crippen MR) is 177 cm³/mol. The van der Waals surface area contributed by atoms with E-state index >= 15 is 0 Å². The second-order valence-electron chi connectivity index (χ2n) is 10.3. The molecule has 5 aromatic rings. The number of hydrogen-bond acceptors (Lipinski definition) is 8. The van der Waals surface area contributed by atoms with Gasteiger partial charge in [0.15, 0.2) is 16.3 Å². The van der Waals surface area contributed by atoms with Crippen LogP contribution in [0.2, 0.25) is 0 Å². The molecule has 0 saturated heterocycles. The fourth-order valence-electron chi connectivity index (χ4n) is 5.17. The van der Waals surface area contributed by atoms with Crippen molar-refractivity contribution in [2.75, 3.05) is 19.8 Å². The summed E-state index contributed by atoms with van der Waals surface area (Å²) in [4.78, 5) is 32.8. The van der Waals surface area contributed by atoms with E-state index in [1.54, 1.807) is 41.8 Å². The minimum atomic E-state index is -0.705. The Labute approximate surface area is 270 Å². The highest BCUT2D eigenvalue weighted by Crippen LogP contribution is 2.32. The molecule has 232 valence electrons. The Morgan fingerprint density at radius 3 is 2.17 bits per heavy atom. The molecule has 8 nitrogen and oxygen atoms in total. The molecular formula is C37H32N2O6S. The van der Waals surface area contributed by atoms with E-state index in [9.17, 15) is 9.59 Å². The molecule has 0 bridgehead atoms. The third-order valence-corrected chi connectivity index (χ3v) is 8.21. The Bertz CT molecular complexity index is 2040. The summed E-state index contributed by atoms with van der Waals surface area (Å²) >= 11 is 1.27. The number of carbonyl (C=O) groups is 1. The van der Waals surface area contributed by atoms with Crippen LogP contribution in [0, 0.1) is 0 Å². The maximum atomic E-state index is 14.0. The van der Waals surface area contributed by atoms with Crippen molar-refractivity contribution in [3.8, 4) is 23.0 Å². The minimum absolute atomic E-state index is 0.258. The van der Waals surface area contributed by atoms with Crippen molar-refractivity contribution in [1.29, 1.82) is 0 Å². The number of hydrogen-bond donors (Lipinski definition) is 0. The molecule has 1 atom stereocenters. The van der Waals surface area contributed by atoms with E-state index in [1.807, 2.05) is 91.9 Å². The summed E-state index contributed by atoms with van der Waals surface area (Å²) in [6.45, 7) is 4.83. The zero-order valence-electron chi connectivity index (χ0n) is 25.4. The Balaban J connectivity index is 1.31. The van der Waals surface area contributed by atoms with E-state index in [-0.39, 0.29) is 5.56 Å². The van der Waals surface area contributed by atoms with Gasteiger partial charge in [0.25, 0.3) is 5.56 Å². The van der Waals surface area contributed by atoms with Crippen molar-refractivity contribution in [2.45, 2.75) is 19.9 Å². The van der Waals surface area contributed by atoms with Crippen LogP contribution < -0.4 is 33.8 Å². The smallest absolute Gasteiger partial charge is 0.343 e. The quantitative estimate of drug-likeness (QED) is 0.106. The molecule has 2 heterocycles. The Morgan fingerprint density at radius 2 is 1.48 bits per heavy atom. The average Bonchev–Trinajstić information content (AvgIpc) is 3.38. The SMILES string of the molecule is CCOc1cc(/C=c2/sc3n(c2=O)[C@@H](c2ccccc2)C(C(=O)Oc2ccccc2)=C(C)N=3)ccc1OCCOc1ccccc1. The van der Waals surface area contributed by atoms with Crippen molar-refractivity contribution in [2.24, 2.45) is 4.99 Å². The summed E-state index contributed by atoms with van der Waals surface area (Å²) in [7, 11) is 0. The molecular weight excluding hydrogens is 600 g/mol. The monoisotopic (exact) mass is 632 g/mol. The second-order valence-corrected chi connectivity index (χ2v) is 11.4. The molecule has 0 spiro atoms. The first-order valence-electron chi connectivity index (χ1n) is 14.9. The molecule has 9 heteroatoms. The van der Waals surface area contributed by atoms with Gasteiger partial charge in [-0.05, 0) is 67.4 Å². The molecule has 0 saturated carbocycles. The number of allylic oxidation sites excluding steroid dienone is 1. The van der Waals surface area contributed by atoms with Crippen LogP contribution in [-0.4, -0.2) is 30.4 Å². The van der Waals surface area contributed by atoms with Crippen LogP contribution in [0.15, 0.2) is 130 Å². The van der Waals surface area contributed by atoms with Gasteiger partial charge in [0.1, 0.15) is 24.7 Å². The van der Waals surface area contributed by atoms with Crippen LogP contribution in [0.25, 0.3) is 6.08 Å². The van der Waals surface area contributed by atoms with E-state index in [2.05, 4.69) is 0 Å². The first kappa shape index (κ1) is 30.6. The molecule has 0 radical (unpaired) electrons. The zero-order valence-corrected chi connectivity index (χ0v) is 26.2. The summed E-state index contributed by atoms with van der Waals surface area (Å²) < 4.78 is 25.4. The topological polar surface area (TPSA) is 88.4 Å². The van der Waals surface area contributed by atoms with Gasteiger partial charge in [-0.15, -0.1) is 0 Å². The van der Waals surface area contributed by atoms with Crippen molar-refractivity contribution >= 4 is 23.4 Å². The minimum Gasteiger partial charge on any atom is -0.490 e. The fraction of sp³-hybridized carbons (Fsp3) is 0.162. The normalized spacial score (nSPS) is 14.3. The van der Waals surface area contributed by atoms with Crippen LogP contribution in [-0.2, 0) is 4.79 Å². The van der Waals surface area contributed by atoms with Gasteiger partial charge in [0.2, 0.25) is 0 Å². The van der Waals surface area contributed by atoms with Crippen molar-refractivity contribution in [3.63, 3.8) is 0 Å². The maximum Gasteiger partial charge on any atom is 0.343 e. The van der Waals surface area contributed by atoms with Gasteiger partial charge in [0, 0.05) is 0 Å². The molecule has 1 aliphatic rings. The van der Waals surface area contributed by atoms with Gasteiger partial charge in [-0.2, -0.15) is 0 Å². The third-order valence-electron chi connectivity index (χ3n) is 7.23. The molecule has 0 unspecified atom stereocenters. The first-order valence-corrected chi connectivity index (χ1v) is 15.8. The summed E-state index contributed by atoms with van der Waals surface area (Å²) in [5.41, 5.74) is 2.09. The second kappa shape index (κ2) is 14.1. The number of nitrogens with zero attached hydrogens (tertiary/aromatic N) is 2. The molecule has 46 heavy (non-hydrogen) atoms. The number of fused-ring (bicyclic) bond motifs is 1. The van der Waals surface area contributed by atoms with E-state index in [0.29, 0.717) is 57.7 Å². The van der Waals surface area contributed by atoms with Crippen LogP contribution >= 0.6 is 11.3 Å². The Morgan fingerprint density at radius 1 is 0.826 bits per heavy atom. The van der Waals surface area contributed by atoms with Gasteiger partial charge < -0.3 is 18.9 Å². The molecule has 4 aromatic carbocycles. The number of aromatic nitrogens is 1. The maximum absolute atomic E-state index is 14.0. The van der Waals surface area contributed by atoms with Crippen LogP contribution in [0.3, 0.4) is 0 Å². The Kier molecular flexibility index (Phi) is 9.40. The van der Waals surface area contributed by atoms with E-state index in [0.717, 1.165) is 16.9 Å². The largest absolute Gasteiger partial charge is 0.490 e. The lowest BCUT2D eigenvalue weighted by molar-refractivity contribution is -0.130. The highest BCUT2D eigenvalue weighted by Gasteiger charge is 2.33. The zero-order chi connectivity index (χ0) is 31.9. The number of esters is 1. The van der Waals surface area contributed by atoms with Crippen molar-refractivity contribution in [3.05, 3.63) is 151 Å². The van der Waals surface area contributed by atoms with Crippen LogP contribution in [0.5, 0.6) is 23.0 Å². The van der Waals surface area contributed by atoms with Gasteiger partial charge in [0.05, 0.1) is 28.5 Å². The predicted octanol–water partition coefficient (Wildman–Crippen LogP) is 5.70. The molecule has 1 aromatic heterocycles. The third kappa shape index (κ3) is 6.79. The Hall–Kier alpha value is -5.41. The number of thiazole rings is 1. The van der Waals surface area contributed by atoms with E-state index in [4.69, 9.17) is 23.9 Å². The number of carbonyl (C=O) groups excluding carboxylic acids is 1. The highest BCUT2D eigenvalue weighted by molar-refractivity contribution is 7.07. The molecule has 0 fully saturated rings. The summed E-state index contributed by atoms with van der Waals surface area (Å²) in [6, 6.07) is 32.7. The van der Waals surface area contributed by atoms with Crippen molar-refractivity contribution < 1.29 is 23.7 Å². The van der Waals surface area contributed by atoms with Crippen LogP contribution in [0.4, 0.5) is 0 Å². The van der Waals surface area contributed by atoms with Gasteiger partial charge in [-0.3, -0.25) is 9.36 Å². The summed E-state index contributed by atoms with van der Waals surface area (Å²) in [5.74, 6) is 1.78. The van der Waals surface area contributed by atoms with Crippen molar-refractivity contribution in [1.82, 2.24) is 4.57 Å². The first-order chi connectivity index (χ1) is 22.5. The molecule has 0 amide bonds. The average molecular weight is 633 g/mol. The lowest BCUT2D eigenvalue weighted by atomic mass is 9.96. The number of ether oxygens (including phenoxy) is 4. The lowest BCUT2D eigenvalue weighted by Crippen LogP contribution is -2.40.